The summed E-state index contributed by atoms with van der Waals surface area (Å²) in [6, 6.07) is 9.06. The van der Waals surface area contributed by atoms with Crippen molar-refractivity contribution in [2.45, 2.75) is 47.7 Å². The number of nitrogens with one attached hydrogen (secondary N) is 1. The smallest absolute Gasteiger partial charge is 0.0233 e. The van der Waals surface area contributed by atoms with Gasteiger partial charge in [0, 0.05) is 26.2 Å². The molecule has 0 unspecified atom stereocenters. The molecule has 2 nitrogen and oxygen atoms in total. The average molecular weight is 276 g/mol. The molecule has 1 aromatic rings. The van der Waals surface area contributed by atoms with Crippen molar-refractivity contribution in [1.82, 2.24) is 10.2 Å². The van der Waals surface area contributed by atoms with Gasteiger partial charge in [-0.15, -0.1) is 0 Å². The van der Waals surface area contributed by atoms with Gasteiger partial charge in [0.2, 0.25) is 0 Å². The minimum absolute atomic E-state index is 0.724. The van der Waals surface area contributed by atoms with Gasteiger partial charge in [-0.1, -0.05) is 58.9 Å². The lowest BCUT2D eigenvalue weighted by Gasteiger charge is -2.26. The van der Waals surface area contributed by atoms with Gasteiger partial charge in [0.05, 0.1) is 0 Å². The van der Waals surface area contributed by atoms with Crippen LogP contribution in [0.3, 0.4) is 0 Å². The zero-order chi connectivity index (χ0) is 15.0. The molecule has 0 fully saturated rings. The summed E-state index contributed by atoms with van der Waals surface area (Å²) in [5, 5.41) is 3.37. The summed E-state index contributed by atoms with van der Waals surface area (Å²) in [4.78, 5) is 2.58. The predicted octanol–water partition coefficient (Wildman–Crippen LogP) is 3.91. The second-order valence-corrected chi connectivity index (χ2v) is 6.58. The van der Waals surface area contributed by atoms with Crippen LogP contribution in [-0.2, 0) is 13.1 Å². The number of nitrogens with zero attached hydrogens (tertiary/aromatic N) is 1. The Morgan fingerprint density at radius 3 is 1.85 bits per heavy atom. The maximum atomic E-state index is 3.37. The SMILES string of the molecule is CCNCc1ccc(CN(CC(C)C)CC(C)C)cc1. The summed E-state index contributed by atoms with van der Waals surface area (Å²) in [6.07, 6.45) is 0. The van der Waals surface area contributed by atoms with E-state index < -0.39 is 0 Å². The van der Waals surface area contributed by atoms with E-state index in [1.165, 1.54) is 24.2 Å². The van der Waals surface area contributed by atoms with Gasteiger partial charge in [-0.05, 0) is 29.5 Å². The summed E-state index contributed by atoms with van der Waals surface area (Å²) >= 11 is 0. The maximum Gasteiger partial charge on any atom is 0.0233 e. The minimum Gasteiger partial charge on any atom is -0.313 e. The van der Waals surface area contributed by atoms with Crippen LogP contribution in [0.15, 0.2) is 24.3 Å². The second kappa shape index (κ2) is 9.15. The normalized spacial score (nSPS) is 11.8. The molecule has 2 heteroatoms. The van der Waals surface area contributed by atoms with Gasteiger partial charge >= 0.3 is 0 Å². The quantitative estimate of drug-likeness (QED) is 0.735. The fourth-order valence-electron chi connectivity index (χ4n) is 2.53. The van der Waals surface area contributed by atoms with Crippen LogP contribution in [0.4, 0.5) is 0 Å². The van der Waals surface area contributed by atoms with E-state index in [0.29, 0.717) is 0 Å². The van der Waals surface area contributed by atoms with Crippen molar-refractivity contribution in [3.05, 3.63) is 35.4 Å². The molecular formula is C18H32N2. The molecule has 0 spiro atoms. The molecule has 20 heavy (non-hydrogen) atoms. The van der Waals surface area contributed by atoms with Crippen LogP contribution in [0.1, 0.15) is 45.7 Å². The Morgan fingerprint density at radius 1 is 0.900 bits per heavy atom. The highest BCUT2D eigenvalue weighted by Gasteiger charge is 2.10. The van der Waals surface area contributed by atoms with Gasteiger partial charge in [-0.25, -0.2) is 0 Å². The molecule has 0 heterocycles. The zero-order valence-corrected chi connectivity index (χ0v) is 13.9. The average Bonchev–Trinajstić information content (AvgIpc) is 2.36. The third kappa shape index (κ3) is 7.06. The molecule has 0 amide bonds. The lowest BCUT2D eigenvalue weighted by atomic mass is 10.1. The molecule has 0 aliphatic rings. The highest BCUT2D eigenvalue weighted by Crippen LogP contribution is 2.11. The molecule has 1 N–H and O–H groups in total. The standard InChI is InChI=1S/C18H32N2/c1-6-19-11-17-7-9-18(10-8-17)14-20(12-15(2)3)13-16(4)5/h7-10,15-16,19H,6,11-14H2,1-5H3. The molecule has 0 aliphatic carbocycles. The third-order valence-electron chi connectivity index (χ3n) is 3.25. The highest BCUT2D eigenvalue weighted by atomic mass is 15.1. The van der Waals surface area contributed by atoms with E-state index in [-0.39, 0.29) is 0 Å². The zero-order valence-electron chi connectivity index (χ0n) is 13.9. The summed E-state index contributed by atoms with van der Waals surface area (Å²) < 4.78 is 0. The molecule has 0 aliphatic heterocycles. The molecule has 0 saturated heterocycles. The minimum atomic E-state index is 0.724. The Kier molecular flexibility index (Phi) is 7.86. The Bertz CT molecular complexity index is 344. The Hall–Kier alpha value is -0.860. The van der Waals surface area contributed by atoms with E-state index in [0.717, 1.165) is 31.5 Å². The highest BCUT2D eigenvalue weighted by molar-refractivity contribution is 5.22. The van der Waals surface area contributed by atoms with E-state index in [1.54, 1.807) is 0 Å². The van der Waals surface area contributed by atoms with Gasteiger partial charge in [0.1, 0.15) is 0 Å². The number of benzene rings is 1. The summed E-state index contributed by atoms with van der Waals surface area (Å²) in [6.45, 7) is 16.8. The lowest BCUT2D eigenvalue weighted by Crippen LogP contribution is -2.30. The fraction of sp³-hybridized carbons (Fsp3) is 0.667. The molecule has 0 atom stereocenters. The van der Waals surface area contributed by atoms with Gasteiger partial charge in [0.25, 0.3) is 0 Å². The molecule has 0 aromatic heterocycles. The molecule has 1 aromatic carbocycles. The van der Waals surface area contributed by atoms with Crippen LogP contribution in [0.25, 0.3) is 0 Å². The Labute approximate surface area is 125 Å². The largest absolute Gasteiger partial charge is 0.313 e. The number of hydrogen-bond donors (Lipinski definition) is 1. The van der Waals surface area contributed by atoms with Crippen LogP contribution in [0.2, 0.25) is 0 Å². The van der Waals surface area contributed by atoms with E-state index in [4.69, 9.17) is 0 Å². The molecule has 0 bridgehead atoms. The summed E-state index contributed by atoms with van der Waals surface area (Å²) in [7, 11) is 0. The fourth-order valence-corrected chi connectivity index (χ4v) is 2.53. The first-order valence-electron chi connectivity index (χ1n) is 8.02. The van der Waals surface area contributed by atoms with Crippen LogP contribution >= 0.6 is 0 Å². The first-order chi connectivity index (χ1) is 9.51. The van der Waals surface area contributed by atoms with Gasteiger partial charge in [-0.3, -0.25) is 4.90 Å². The summed E-state index contributed by atoms with van der Waals surface area (Å²) in [5.74, 6) is 1.45. The third-order valence-corrected chi connectivity index (χ3v) is 3.25. The van der Waals surface area contributed by atoms with Crippen molar-refractivity contribution < 1.29 is 0 Å². The van der Waals surface area contributed by atoms with Gasteiger partial charge in [-0.2, -0.15) is 0 Å². The van der Waals surface area contributed by atoms with Crippen LogP contribution < -0.4 is 5.32 Å². The van der Waals surface area contributed by atoms with E-state index in [2.05, 4.69) is 69.1 Å². The number of rotatable bonds is 9. The molecule has 0 saturated carbocycles. The van der Waals surface area contributed by atoms with Crippen LogP contribution in [0.5, 0.6) is 0 Å². The predicted molar refractivity (Wildman–Crippen MR) is 88.8 cm³/mol. The maximum absolute atomic E-state index is 3.37. The molecule has 0 radical (unpaired) electrons. The van der Waals surface area contributed by atoms with Crippen molar-refractivity contribution >= 4 is 0 Å². The van der Waals surface area contributed by atoms with Gasteiger partial charge < -0.3 is 5.32 Å². The van der Waals surface area contributed by atoms with Crippen molar-refractivity contribution in [3.63, 3.8) is 0 Å². The van der Waals surface area contributed by atoms with Crippen molar-refractivity contribution in [3.8, 4) is 0 Å². The lowest BCUT2D eigenvalue weighted by molar-refractivity contribution is 0.211. The topological polar surface area (TPSA) is 15.3 Å². The van der Waals surface area contributed by atoms with E-state index in [1.807, 2.05) is 0 Å². The first kappa shape index (κ1) is 17.2. The van der Waals surface area contributed by atoms with E-state index >= 15 is 0 Å². The van der Waals surface area contributed by atoms with Gasteiger partial charge in [0.15, 0.2) is 0 Å². The number of hydrogen-bond acceptors (Lipinski definition) is 2. The summed E-state index contributed by atoms with van der Waals surface area (Å²) in [5.41, 5.74) is 2.79. The Balaban J connectivity index is 2.58. The monoisotopic (exact) mass is 276 g/mol. The van der Waals surface area contributed by atoms with Crippen molar-refractivity contribution in [2.24, 2.45) is 11.8 Å². The molecular weight excluding hydrogens is 244 g/mol. The second-order valence-electron chi connectivity index (χ2n) is 6.58. The van der Waals surface area contributed by atoms with Crippen molar-refractivity contribution in [2.75, 3.05) is 19.6 Å². The van der Waals surface area contributed by atoms with Crippen LogP contribution in [-0.4, -0.2) is 24.5 Å². The van der Waals surface area contributed by atoms with E-state index in [9.17, 15) is 0 Å². The molecule has 114 valence electrons. The Morgan fingerprint density at radius 2 is 1.40 bits per heavy atom. The first-order valence-corrected chi connectivity index (χ1v) is 8.02. The van der Waals surface area contributed by atoms with Crippen LogP contribution in [0, 0.1) is 11.8 Å². The van der Waals surface area contributed by atoms with Crippen molar-refractivity contribution in [1.29, 1.82) is 0 Å². The molecule has 1 rings (SSSR count).